The van der Waals surface area contributed by atoms with E-state index in [1.165, 1.54) is 6.07 Å². The van der Waals surface area contributed by atoms with E-state index in [1.807, 2.05) is 44.2 Å². The van der Waals surface area contributed by atoms with Gasteiger partial charge >= 0.3 is 51.4 Å². The fourth-order valence-corrected chi connectivity index (χ4v) is 6.41. The van der Waals surface area contributed by atoms with E-state index < -0.39 is 17.8 Å². The third-order valence-electron chi connectivity index (χ3n) is 8.57. The van der Waals surface area contributed by atoms with Crippen molar-refractivity contribution in [3.05, 3.63) is 86.8 Å². The number of ether oxygens (including phenoxy) is 1. The van der Waals surface area contributed by atoms with E-state index in [4.69, 9.17) is 9.57 Å². The van der Waals surface area contributed by atoms with Crippen LogP contribution in [0.5, 0.6) is 0 Å². The predicted octanol–water partition coefficient (Wildman–Crippen LogP) is 1.38. The summed E-state index contributed by atoms with van der Waals surface area (Å²) < 4.78 is 25.4. The van der Waals surface area contributed by atoms with Gasteiger partial charge in [0.1, 0.15) is 11.6 Å². The van der Waals surface area contributed by atoms with Gasteiger partial charge in [-0.15, -0.1) is 0 Å². The van der Waals surface area contributed by atoms with E-state index in [9.17, 15) is 15.0 Å². The Kier molecular flexibility index (Phi) is 11.5. The normalized spacial score (nSPS) is 19.8. The Balaban J connectivity index is 0.00000433. The van der Waals surface area contributed by atoms with E-state index in [2.05, 4.69) is 20.6 Å². The first kappa shape index (κ1) is 36.0. The minimum absolute atomic E-state index is 0. The van der Waals surface area contributed by atoms with Gasteiger partial charge in [0.25, 0.3) is 12.0 Å². The summed E-state index contributed by atoms with van der Waals surface area (Å²) in [4.78, 5) is 28.1. The molecule has 1 fully saturated rings. The van der Waals surface area contributed by atoms with Crippen molar-refractivity contribution in [2.75, 3.05) is 6.61 Å². The zero-order valence-corrected chi connectivity index (χ0v) is 30.8. The fourth-order valence-electron chi connectivity index (χ4n) is 6.41. The number of benzene rings is 2. The summed E-state index contributed by atoms with van der Waals surface area (Å²) in [5.41, 5.74) is 5.21. The van der Waals surface area contributed by atoms with Crippen LogP contribution in [0.25, 0.3) is 16.9 Å². The first-order valence-electron chi connectivity index (χ1n) is 15.9. The summed E-state index contributed by atoms with van der Waals surface area (Å²) in [5.74, 6) is 1.00. The molecule has 3 heterocycles. The van der Waals surface area contributed by atoms with Crippen molar-refractivity contribution in [1.82, 2.24) is 24.6 Å². The molecule has 0 bridgehead atoms. The molecule has 2 aromatic carbocycles. The van der Waals surface area contributed by atoms with Gasteiger partial charge in [0, 0.05) is 23.6 Å². The average Bonchev–Trinajstić information content (AvgIpc) is 3.63. The van der Waals surface area contributed by atoms with Gasteiger partial charge in [0.2, 0.25) is 5.78 Å². The molecule has 47 heavy (non-hydrogen) atoms. The largest absolute Gasteiger partial charge is 1.00 e. The molecule has 4 aromatic rings. The second-order valence-electron chi connectivity index (χ2n) is 12.8. The van der Waals surface area contributed by atoms with E-state index in [-0.39, 0.29) is 82.1 Å². The number of aliphatic hydroxyl groups excluding tert-OH is 1. The van der Waals surface area contributed by atoms with Gasteiger partial charge in [-0.3, -0.25) is 9.36 Å². The van der Waals surface area contributed by atoms with Crippen molar-refractivity contribution < 1.29 is 75.6 Å². The Morgan fingerprint density at radius 3 is 2.49 bits per heavy atom. The Morgan fingerprint density at radius 2 is 1.85 bits per heavy atom. The summed E-state index contributed by atoms with van der Waals surface area (Å²) in [7, 11) is 0. The predicted molar refractivity (Wildman–Crippen MR) is 171 cm³/mol. The maximum Gasteiger partial charge on any atom is 1.00 e. The molecule has 1 saturated carbocycles. The van der Waals surface area contributed by atoms with Gasteiger partial charge in [0.15, 0.2) is 5.84 Å². The number of fused-ring (bicyclic) bond motifs is 1. The number of aliphatic imine (C=N–C) groups is 1. The Labute approximate surface area is 315 Å². The van der Waals surface area contributed by atoms with Crippen molar-refractivity contribution >= 4 is 11.6 Å². The molecule has 1 aliphatic heterocycles. The maximum absolute atomic E-state index is 15.9. The minimum Gasteiger partial charge on any atom is -0.388 e. The van der Waals surface area contributed by atoms with Crippen LogP contribution < -0.4 is 62.4 Å². The quantitative estimate of drug-likeness (QED) is 0.216. The number of nitrogens with one attached hydrogen (secondary N) is 1. The number of aryl methyl sites for hydroxylation is 2. The maximum atomic E-state index is 15.9. The van der Waals surface area contributed by atoms with Crippen LogP contribution in [-0.4, -0.2) is 59.9 Å². The number of aliphatic hydroxyl groups is 2. The van der Waals surface area contributed by atoms with Gasteiger partial charge in [-0.2, -0.15) is 10.1 Å². The third-order valence-corrected chi connectivity index (χ3v) is 8.57. The van der Waals surface area contributed by atoms with E-state index in [0.29, 0.717) is 51.7 Å². The molecule has 1 atom stereocenters. The molecular weight excluding hydrogens is 631 g/mol. The van der Waals surface area contributed by atoms with Crippen LogP contribution in [0, 0.1) is 12.7 Å². The smallest absolute Gasteiger partial charge is 0.388 e. The molecule has 0 spiro atoms. The van der Waals surface area contributed by atoms with E-state index >= 15 is 4.39 Å². The number of aromatic nitrogens is 4. The van der Waals surface area contributed by atoms with Crippen molar-refractivity contribution in [3.63, 3.8) is 0 Å². The average molecular weight is 672 g/mol. The van der Waals surface area contributed by atoms with Crippen molar-refractivity contribution in [2.45, 2.75) is 96.8 Å². The number of nitrogens with zero attached hydrogens (tertiary/aromatic N) is 5. The zero-order valence-electron chi connectivity index (χ0n) is 27.7. The second kappa shape index (κ2) is 15.1. The van der Waals surface area contributed by atoms with E-state index in [1.54, 1.807) is 29.0 Å². The molecule has 11 nitrogen and oxygen atoms in total. The number of hydrogen-bond donors (Lipinski definition) is 3. The Hall–Kier alpha value is -2.33. The standard InChI is InChI=1S/C34H41FN6O5.K/c1-5-8-29-27(17-22-12-11-21(18-28(22)35)25-9-6-7-10-26(25)30-37-33(43)46-39-30)31(42)40(32-36-20(2)38-41(29)32)23-13-15-24(16-14-23)45-19-34(3,4)44;/h6-7,9-12,18,23-24,33,43-44H,5,8,13-17,19H2,1-4H3,(H,37,39);/q;+1. The molecule has 13 heteroatoms. The first-order valence-corrected chi connectivity index (χ1v) is 15.9. The SMILES string of the molecule is CCCc1c(Cc2ccc(-c3ccccc3C3=NC(O)ON3)cc2F)c(=O)n(C2CCC(OCC(C)(C)O)CC2)c2nc(C)nn12.[K+]. The minimum atomic E-state index is -1.31. The molecule has 6 rings (SSSR count). The molecule has 0 amide bonds. The van der Waals surface area contributed by atoms with Crippen LogP contribution in [0.2, 0.25) is 0 Å². The monoisotopic (exact) mass is 671 g/mol. The van der Waals surface area contributed by atoms with Crippen molar-refractivity contribution in [1.29, 1.82) is 0 Å². The van der Waals surface area contributed by atoms with Gasteiger partial charge in [-0.25, -0.2) is 24.2 Å². The molecule has 2 aromatic heterocycles. The third kappa shape index (κ3) is 7.95. The number of hydroxylamine groups is 1. The summed E-state index contributed by atoms with van der Waals surface area (Å²) in [6.07, 6.45) is 3.13. The van der Waals surface area contributed by atoms with Crippen LogP contribution in [0.3, 0.4) is 0 Å². The van der Waals surface area contributed by atoms with Crippen LogP contribution in [0.1, 0.15) is 87.1 Å². The zero-order chi connectivity index (χ0) is 32.6. The van der Waals surface area contributed by atoms with E-state index in [0.717, 1.165) is 37.8 Å². The molecular formula is C34H41FKN6O5+. The number of halogens is 1. The van der Waals surface area contributed by atoms with Crippen LogP contribution in [0.4, 0.5) is 4.39 Å². The number of rotatable bonds is 10. The summed E-state index contributed by atoms with van der Waals surface area (Å²) in [6, 6.07) is 12.3. The molecule has 0 saturated heterocycles. The van der Waals surface area contributed by atoms with Crippen LogP contribution >= 0.6 is 0 Å². The van der Waals surface area contributed by atoms with Crippen LogP contribution in [-0.2, 0) is 22.4 Å². The van der Waals surface area contributed by atoms with Gasteiger partial charge in [0.05, 0.1) is 24.0 Å². The number of amidine groups is 1. The molecule has 2 aliphatic rings. The summed E-state index contributed by atoms with van der Waals surface area (Å²) >= 11 is 0. The topological polar surface area (TPSA) is 136 Å². The summed E-state index contributed by atoms with van der Waals surface area (Å²) in [5, 5.41) is 24.4. The second-order valence-corrected chi connectivity index (χ2v) is 12.8. The van der Waals surface area contributed by atoms with Crippen molar-refractivity contribution in [3.8, 4) is 11.1 Å². The Morgan fingerprint density at radius 1 is 1.13 bits per heavy atom. The molecule has 3 N–H and O–H groups in total. The first-order chi connectivity index (χ1) is 22.0. The molecule has 1 unspecified atom stereocenters. The Bertz CT molecular complexity index is 1830. The molecule has 244 valence electrons. The van der Waals surface area contributed by atoms with Gasteiger partial charge in [-0.1, -0.05) is 49.7 Å². The fraction of sp³-hybridized carbons (Fsp3) is 0.471. The molecule has 0 radical (unpaired) electrons. The van der Waals surface area contributed by atoms with Crippen molar-refractivity contribution in [2.24, 2.45) is 4.99 Å². The van der Waals surface area contributed by atoms with Crippen LogP contribution in [0.15, 0.2) is 52.3 Å². The van der Waals surface area contributed by atoms with Gasteiger partial charge in [-0.05, 0) is 75.6 Å². The summed E-state index contributed by atoms with van der Waals surface area (Å²) in [6.45, 7) is 7.56. The number of hydrogen-bond acceptors (Lipinski definition) is 9. The molecule has 1 aliphatic carbocycles. The van der Waals surface area contributed by atoms with Gasteiger partial charge < -0.3 is 14.9 Å².